The van der Waals surface area contributed by atoms with Gasteiger partial charge >= 0.3 is 5.97 Å². The number of hydrogen-bond donors (Lipinski definition) is 0. The molecule has 0 saturated heterocycles. The summed E-state index contributed by atoms with van der Waals surface area (Å²) in [6.07, 6.45) is 3.53. The van der Waals surface area contributed by atoms with Gasteiger partial charge in [0.2, 0.25) is 0 Å². The molecule has 0 amide bonds. The van der Waals surface area contributed by atoms with E-state index in [4.69, 9.17) is 4.74 Å². The van der Waals surface area contributed by atoms with Crippen molar-refractivity contribution >= 4 is 5.97 Å². The molecule has 18 heavy (non-hydrogen) atoms. The molecule has 4 nitrogen and oxygen atoms in total. The van der Waals surface area contributed by atoms with Crippen LogP contribution in [-0.2, 0) is 16.0 Å². The lowest BCUT2D eigenvalue weighted by Gasteiger charge is -2.03. The van der Waals surface area contributed by atoms with Gasteiger partial charge in [-0.1, -0.05) is 30.3 Å². The zero-order valence-electron chi connectivity index (χ0n) is 10.2. The van der Waals surface area contributed by atoms with Gasteiger partial charge in [-0.15, -0.1) is 0 Å². The first-order chi connectivity index (χ1) is 8.79. The van der Waals surface area contributed by atoms with Crippen molar-refractivity contribution in [3.05, 3.63) is 48.3 Å². The summed E-state index contributed by atoms with van der Waals surface area (Å²) < 4.78 is 4.87. The van der Waals surface area contributed by atoms with Crippen LogP contribution in [-0.4, -0.2) is 22.5 Å². The Hall–Kier alpha value is -2.23. The molecule has 0 aliphatic rings. The summed E-state index contributed by atoms with van der Waals surface area (Å²) >= 11 is 0. The topological polar surface area (TPSA) is 52.1 Å². The molecule has 0 unspecified atom stereocenters. The smallest absolute Gasteiger partial charge is 0.310 e. The number of carbonyl (C=O) groups excluding carboxylic acids is 1. The Bertz CT molecular complexity index is 509. The van der Waals surface area contributed by atoms with Crippen molar-refractivity contribution in [3.63, 3.8) is 0 Å². The number of hydrogen-bond acceptors (Lipinski definition) is 4. The molecule has 0 fully saturated rings. The average Bonchev–Trinajstić information content (AvgIpc) is 2.41. The van der Waals surface area contributed by atoms with Gasteiger partial charge in [-0.3, -0.25) is 4.79 Å². The summed E-state index contributed by atoms with van der Waals surface area (Å²) in [4.78, 5) is 19.8. The molecular weight excluding hydrogens is 228 g/mol. The summed E-state index contributed by atoms with van der Waals surface area (Å²) in [5.74, 6) is 0.400. The standard InChI is InChI=1S/C14H14N2O2/c1-2-18-13(17)8-11-9-15-14(16-10-11)12-6-4-3-5-7-12/h3-7,9-10H,2,8H2,1H3. The second-order valence-electron chi connectivity index (χ2n) is 3.76. The molecule has 1 aromatic heterocycles. The van der Waals surface area contributed by atoms with E-state index in [2.05, 4.69) is 9.97 Å². The maximum Gasteiger partial charge on any atom is 0.310 e. The summed E-state index contributed by atoms with van der Waals surface area (Å²) in [7, 11) is 0. The Morgan fingerprint density at radius 3 is 2.44 bits per heavy atom. The predicted octanol–water partition coefficient (Wildman–Crippen LogP) is 2.25. The number of carbonyl (C=O) groups is 1. The first kappa shape index (κ1) is 12.2. The zero-order chi connectivity index (χ0) is 12.8. The van der Waals surface area contributed by atoms with E-state index >= 15 is 0 Å². The van der Waals surface area contributed by atoms with Crippen molar-refractivity contribution in [1.29, 1.82) is 0 Å². The van der Waals surface area contributed by atoms with Crippen LogP contribution in [0, 0.1) is 0 Å². The molecular formula is C14H14N2O2. The minimum atomic E-state index is -0.256. The van der Waals surface area contributed by atoms with E-state index < -0.39 is 0 Å². The molecule has 92 valence electrons. The molecule has 4 heteroatoms. The quantitative estimate of drug-likeness (QED) is 0.772. The SMILES string of the molecule is CCOC(=O)Cc1cnc(-c2ccccc2)nc1. The molecule has 0 bridgehead atoms. The van der Waals surface area contributed by atoms with Gasteiger partial charge in [0.25, 0.3) is 0 Å². The van der Waals surface area contributed by atoms with Crippen LogP contribution in [0.3, 0.4) is 0 Å². The zero-order valence-corrected chi connectivity index (χ0v) is 10.2. The van der Waals surface area contributed by atoms with Gasteiger partial charge in [-0.05, 0) is 12.5 Å². The van der Waals surface area contributed by atoms with E-state index in [9.17, 15) is 4.79 Å². The molecule has 0 aliphatic carbocycles. The van der Waals surface area contributed by atoms with Gasteiger partial charge in [0, 0.05) is 18.0 Å². The Kier molecular flexibility index (Phi) is 4.02. The first-order valence-electron chi connectivity index (χ1n) is 5.81. The largest absolute Gasteiger partial charge is 0.466 e. The highest BCUT2D eigenvalue weighted by molar-refractivity contribution is 5.72. The molecule has 0 aliphatic heterocycles. The normalized spacial score (nSPS) is 10.1. The number of esters is 1. The van der Waals surface area contributed by atoms with Crippen LogP contribution in [0.15, 0.2) is 42.7 Å². The molecule has 0 spiro atoms. The van der Waals surface area contributed by atoms with E-state index in [0.29, 0.717) is 12.4 Å². The number of ether oxygens (including phenoxy) is 1. The minimum absolute atomic E-state index is 0.211. The fourth-order valence-electron chi connectivity index (χ4n) is 1.56. The van der Waals surface area contributed by atoms with Crippen LogP contribution in [0.1, 0.15) is 12.5 Å². The van der Waals surface area contributed by atoms with E-state index in [-0.39, 0.29) is 12.4 Å². The molecule has 0 N–H and O–H groups in total. The third-order valence-corrected chi connectivity index (χ3v) is 2.39. The van der Waals surface area contributed by atoms with E-state index in [1.54, 1.807) is 19.3 Å². The van der Waals surface area contributed by atoms with E-state index in [1.807, 2.05) is 30.3 Å². The van der Waals surface area contributed by atoms with Gasteiger partial charge in [-0.25, -0.2) is 9.97 Å². The Morgan fingerprint density at radius 1 is 1.17 bits per heavy atom. The lowest BCUT2D eigenvalue weighted by Crippen LogP contribution is -2.08. The fourth-order valence-corrected chi connectivity index (χ4v) is 1.56. The molecule has 0 saturated carbocycles. The number of nitrogens with zero attached hydrogens (tertiary/aromatic N) is 2. The summed E-state index contributed by atoms with van der Waals surface area (Å²) in [6.45, 7) is 2.18. The van der Waals surface area contributed by atoms with Crippen molar-refractivity contribution in [2.24, 2.45) is 0 Å². The van der Waals surface area contributed by atoms with E-state index in [1.165, 1.54) is 0 Å². The molecule has 1 aromatic carbocycles. The van der Waals surface area contributed by atoms with Crippen LogP contribution in [0.25, 0.3) is 11.4 Å². The maximum atomic E-state index is 11.3. The summed E-state index contributed by atoms with van der Waals surface area (Å²) in [5, 5.41) is 0. The molecule has 2 aromatic rings. The lowest BCUT2D eigenvalue weighted by molar-refractivity contribution is -0.142. The van der Waals surface area contributed by atoms with Crippen LogP contribution in [0.4, 0.5) is 0 Å². The minimum Gasteiger partial charge on any atom is -0.466 e. The van der Waals surface area contributed by atoms with Crippen LogP contribution in [0.5, 0.6) is 0 Å². The molecule has 0 radical (unpaired) electrons. The predicted molar refractivity (Wildman–Crippen MR) is 67.8 cm³/mol. The van der Waals surface area contributed by atoms with Crippen molar-refractivity contribution < 1.29 is 9.53 Å². The second kappa shape index (κ2) is 5.91. The average molecular weight is 242 g/mol. The Labute approximate surface area is 106 Å². The number of benzene rings is 1. The molecule has 1 heterocycles. The Balaban J connectivity index is 2.09. The van der Waals surface area contributed by atoms with Crippen molar-refractivity contribution in [3.8, 4) is 11.4 Å². The molecule has 0 atom stereocenters. The highest BCUT2D eigenvalue weighted by Crippen LogP contribution is 2.13. The lowest BCUT2D eigenvalue weighted by atomic mass is 10.2. The second-order valence-corrected chi connectivity index (χ2v) is 3.76. The van der Waals surface area contributed by atoms with Gasteiger partial charge in [0.1, 0.15) is 0 Å². The van der Waals surface area contributed by atoms with Crippen molar-refractivity contribution in [2.75, 3.05) is 6.61 Å². The van der Waals surface area contributed by atoms with E-state index in [0.717, 1.165) is 11.1 Å². The van der Waals surface area contributed by atoms with Crippen LogP contribution < -0.4 is 0 Å². The summed E-state index contributed by atoms with van der Waals surface area (Å²) in [5.41, 5.74) is 1.72. The third-order valence-electron chi connectivity index (χ3n) is 2.39. The molecule has 2 rings (SSSR count). The van der Waals surface area contributed by atoms with Crippen LogP contribution >= 0.6 is 0 Å². The van der Waals surface area contributed by atoms with Crippen molar-refractivity contribution in [1.82, 2.24) is 9.97 Å². The van der Waals surface area contributed by atoms with Gasteiger partial charge in [0.15, 0.2) is 5.82 Å². The fraction of sp³-hybridized carbons (Fsp3) is 0.214. The third kappa shape index (κ3) is 3.13. The monoisotopic (exact) mass is 242 g/mol. The Morgan fingerprint density at radius 2 is 1.83 bits per heavy atom. The highest BCUT2D eigenvalue weighted by atomic mass is 16.5. The highest BCUT2D eigenvalue weighted by Gasteiger charge is 2.05. The van der Waals surface area contributed by atoms with Gasteiger partial charge in [-0.2, -0.15) is 0 Å². The van der Waals surface area contributed by atoms with Gasteiger partial charge in [0.05, 0.1) is 13.0 Å². The number of rotatable bonds is 4. The first-order valence-corrected chi connectivity index (χ1v) is 5.81. The number of aromatic nitrogens is 2. The maximum absolute atomic E-state index is 11.3. The van der Waals surface area contributed by atoms with Gasteiger partial charge < -0.3 is 4.74 Å². The van der Waals surface area contributed by atoms with Crippen LogP contribution in [0.2, 0.25) is 0 Å². The van der Waals surface area contributed by atoms with Crippen molar-refractivity contribution in [2.45, 2.75) is 13.3 Å². The summed E-state index contributed by atoms with van der Waals surface area (Å²) in [6, 6.07) is 9.70.